The van der Waals surface area contributed by atoms with Gasteiger partial charge in [0.2, 0.25) is 0 Å². The molecule has 0 aliphatic heterocycles. The Morgan fingerprint density at radius 3 is 1.95 bits per heavy atom. The van der Waals surface area contributed by atoms with Crippen molar-refractivity contribution in [3.63, 3.8) is 0 Å². The fourth-order valence-corrected chi connectivity index (χ4v) is 3.95. The number of Topliss-reactive ketones (excluding diaryl/α,β-unsaturated/α-hetero) is 1. The molecule has 1 atom stereocenters. The first-order chi connectivity index (χ1) is 9.28. The molecule has 0 bridgehead atoms. The van der Waals surface area contributed by atoms with Crippen molar-refractivity contribution in [3.8, 4) is 0 Å². The van der Waals surface area contributed by atoms with E-state index in [4.69, 9.17) is 4.52 Å². The van der Waals surface area contributed by atoms with E-state index < -0.39 is 7.49 Å². The molecule has 21 heavy (non-hydrogen) atoms. The molecule has 0 aromatic carbocycles. The minimum absolute atomic E-state index is 0.0604. The van der Waals surface area contributed by atoms with Gasteiger partial charge in [-0.3, -0.25) is 0 Å². The number of carbonyl (C=O) groups excluding carboxylic acids is 1. The van der Waals surface area contributed by atoms with Crippen LogP contribution in [0, 0.1) is 16.7 Å². The van der Waals surface area contributed by atoms with Gasteiger partial charge in [-0.05, 0) is 0 Å². The quantitative estimate of drug-likeness (QED) is 0.443. The van der Waals surface area contributed by atoms with Crippen LogP contribution in [0.15, 0.2) is 0 Å². The Hall–Kier alpha value is 0.0600. The van der Waals surface area contributed by atoms with Crippen molar-refractivity contribution in [2.24, 2.45) is 16.7 Å². The molecule has 3 heteroatoms. The standard InChI is InChI=1S/C18H39O2P/c1-17(2,3)14-15(18(4,5)6)16(19)12-10-11-13-21(8,9)20-7/h15,21H,10-14H2,1-9H3. The van der Waals surface area contributed by atoms with Gasteiger partial charge in [0.15, 0.2) is 0 Å². The zero-order valence-corrected chi connectivity index (χ0v) is 16.9. The van der Waals surface area contributed by atoms with Crippen LogP contribution in [0.5, 0.6) is 0 Å². The van der Waals surface area contributed by atoms with Crippen molar-refractivity contribution in [1.29, 1.82) is 0 Å². The van der Waals surface area contributed by atoms with E-state index in [-0.39, 0.29) is 16.7 Å². The molecule has 0 aromatic rings. The minimum atomic E-state index is -1.46. The topological polar surface area (TPSA) is 26.3 Å². The summed E-state index contributed by atoms with van der Waals surface area (Å²) in [5.41, 5.74) is 0.267. The molecule has 1 unspecified atom stereocenters. The van der Waals surface area contributed by atoms with Gasteiger partial charge in [-0.25, -0.2) is 0 Å². The van der Waals surface area contributed by atoms with Crippen LogP contribution in [0.25, 0.3) is 0 Å². The molecule has 0 saturated carbocycles. The van der Waals surface area contributed by atoms with E-state index in [9.17, 15) is 4.79 Å². The normalized spacial score (nSPS) is 15.9. The number of unbranched alkanes of at least 4 members (excludes halogenated alkanes) is 1. The van der Waals surface area contributed by atoms with Crippen LogP contribution in [0.1, 0.15) is 67.2 Å². The monoisotopic (exact) mass is 318 g/mol. The Labute approximate surface area is 133 Å². The molecule has 0 spiro atoms. The van der Waals surface area contributed by atoms with Gasteiger partial charge in [0, 0.05) is 0 Å². The van der Waals surface area contributed by atoms with Crippen molar-refractivity contribution in [2.75, 3.05) is 26.6 Å². The SMILES string of the molecule is CO[PH](C)(C)CCCCC(=O)C(CC(C)(C)C)C(C)(C)C. The zero-order valence-electron chi connectivity index (χ0n) is 15.9. The van der Waals surface area contributed by atoms with Gasteiger partial charge >= 0.3 is 133 Å². The van der Waals surface area contributed by atoms with Crippen LogP contribution in [0.2, 0.25) is 0 Å². The predicted molar refractivity (Wildman–Crippen MR) is 97.9 cm³/mol. The molecule has 0 radical (unpaired) electrons. The van der Waals surface area contributed by atoms with Crippen LogP contribution in [0.3, 0.4) is 0 Å². The van der Waals surface area contributed by atoms with Gasteiger partial charge in [-0.15, -0.1) is 0 Å². The third-order valence-corrected chi connectivity index (χ3v) is 6.92. The Morgan fingerprint density at radius 2 is 1.57 bits per heavy atom. The third kappa shape index (κ3) is 9.63. The van der Waals surface area contributed by atoms with Crippen molar-refractivity contribution in [2.45, 2.75) is 67.2 Å². The van der Waals surface area contributed by atoms with E-state index in [1.54, 1.807) is 0 Å². The Balaban J connectivity index is 4.44. The maximum atomic E-state index is 12.6. The molecular formula is C18H39O2P. The van der Waals surface area contributed by atoms with Gasteiger partial charge in [-0.1, -0.05) is 0 Å². The summed E-state index contributed by atoms with van der Waals surface area (Å²) >= 11 is 0. The van der Waals surface area contributed by atoms with E-state index in [0.717, 1.165) is 31.8 Å². The van der Waals surface area contributed by atoms with Crippen molar-refractivity contribution >= 4 is 13.3 Å². The summed E-state index contributed by atoms with van der Waals surface area (Å²) in [5.74, 6) is 0.625. The first-order valence-corrected chi connectivity index (χ1v) is 11.5. The summed E-state index contributed by atoms with van der Waals surface area (Å²) in [6.07, 6.45) is 4.98. The Bertz CT molecular complexity index is 321. The van der Waals surface area contributed by atoms with Gasteiger partial charge in [0.05, 0.1) is 0 Å². The molecule has 0 fully saturated rings. The molecule has 0 aliphatic rings. The fraction of sp³-hybridized carbons (Fsp3) is 0.944. The van der Waals surface area contributed by atoms with Crippen molar-refractivity contribution in [3.05, 3.63) is 0 Å². The Morgan fingerprint density at radius 1 is 1.05 bits per heavy atom. The summed E-state index contributed by atoms with van der Waals surface area (Å²) in [6.45, 7) is 17.8. The number of ketones is 1. The summed E-state index contributed by atoms with van der Waals surface area (Å²) < 4.78 is 5.57. The maximum absolute atomic E-state index is 12.6. The third-order valence-electron chi connectivity index (χ3n) is 4.26. The molecule has 0 rings (SSSR count). The number of hydrogen-bond donors (Lipinski definition) is 0. The molecule has 0 amide bonds. The summed E-state index contributed by atoms with van der Waals surface area (Å²) in [7, 11) is 0.353. The second-order valence-corrected chi connectivity index (χ2v) is 13.7. The van der Waals surface area contributed by atoms with Crippen molar-refractivity contribution < 1.29 is 9.32 Å². The number of carbonyl (C=O) groups is 1. The first kappa shape index (κ1) is 21.1. The molecule has 0 N–H and O–H groups in total. The summed E-state index contributed by atoms with van der Waals surface area (Å²) in [5, 5.41) is 0. The second kappa shape index (κ2) is 8.06. The Kier molecular flexibility index (Phi) is 8.09. The second-order valence-electron chi connectivity index (χ2n) is 9.32. The van der Waals surface area contributed by atoms with Gasteiger partial charge in [-0.2, -0.15) is 0 Å². The number of hydrogen-bond acceptors (Lipinski definition) is 2. The molecule has 0 aromatic heterocycles. The molecule has 0 saturated heterocycles. The molecule has 0 heterocycles. The van der Waals surface area contributed by atoms with Crippen molar-refractivity contribution in [1.82, 2.24) is 0 Å². The van der Waals surface area contributed by atoms with Crippen LogP contribution < -0.4 is 0 Å². The van der Waals surface area contributed by atoms with Gasteiger partial charge in [0.1, 0.15) is 0 Å². The van der Waals surface area contributed by atoms with E-state index in [1.165, 1.54) is 0 Å². The fourth-order valence-electron chi connectivity index (χ4n) is 2.64. The summed E-state index contributed by atoms with van der Waals surface area (Å²) in [6, 6.07) is 0. The van der Waals surface area contributed by atoms with E-state index in [1.807, 2.05) is 7.11 Å². The number of rotatable bonds is 8. The first-order valence-electron chi connectivity index (χ1n) is 8.36. The van der Waals surface area contributed by atoms with Gasteiger partial charge < -0.3 is 0 Å². The predicted octanol–water partition coefficient (Wildman–Crippen LogP) is 5.40. The van der Waals surface area contributed by atoms with Crippen LogP contribution in [-0.4, -0.2) is 32.4 Å². The molecule has 0 aliphatic carbocycles. The molecule has 2 nitrogen and oxygen atoms in total. The van der Waals surface area contributed by atoms with Gasteiger partial charge in [0.25, 0.3) is 0 Å². The van der Waals surface area contributed by atoms with E-state index >= 15 is 0 Å². The van der Waals surface area contributed by atoms with Crippen LogP contribution >= 0.6 is 7.49 Å². The average molecular weight is 318 g/mol. The average Bonchev–Trinajstić information content (AvgIpc) is 2.29. The zero-order chi connectivity index (χ0) is 16.9. The van der Waals surface area contributed by atoms with E-state index in [0.29, 0.717) is 5.78 Å². The molecule has 128 valence electrons. The summed E-state index contributed by atoms with van der Waals surface area (Å²) in [4.78, 5) is 12.6. The van der Waals surface area contributed by atoms with Crippen LogP contribution in [-0.2, 0) is 9.32 Å². The van der Waals surface area contributed by atoms with Crippen LogP contribution in [0.4, 0.5) is 0 Å². The molecular weight excluding hydrogens is 279 g/mol. The van der Waals surface area contributed by atoms with E-state index in [2.05, 4.69) is 54.9 Å².